The summed E-state index contributed by atoms with van der Waals surface area (Å²) in [7, 11) is 0. The van der Waals surface area contributed by atoms with Gasteiger partial charge in [-0.25, -0.2) is 14.2 Å². The summed E-state index contributed by atoms with van der Waals surface area (Å²) >= 11 is 0. The fourth-order valence-corrected chi connectivity index (χ4v) is 4.36. The first-order valence-electron chi connectivity index (χ1n) is 11.9. The van der Waals surface area contributed by atoms with Crippen molar-refractivity contribution in [1.29, 1.82) is 0 Å². The molecule has 3 aromatic carbocycles. The Balaban J connectivity index is 1.59. The SMILES string of the molecule is O=C(O)C[C@@H](C(=O)O)n1c(=O)c2cc(Oc3ccc(-c4ccccc4)cc3)ccc2n(Cc2ccco2)c1=O. The summed E-state index contributed by atoms with van der Waals surface area (Å²) in [4.78, 5) is 50.1. The summed E-state index contributed by atoms with van der Waals surface area (Å²) < 4.78 is 12.9. The number of carboxylic acids is 2. The zero-order chi connectivity index (χ0) is 27.5. The Kier molecular flexibility index (Phi) is 6.83. The van der Waals surface area contributed by atoms with Crippen LogP contribution in [0.3, 0.4) is 0 Å². The van der Waals surface area contributed by atoms with Gasteiger partial charge in [0.25, 0.3) is 5.56 Å². The van der Waals surface area contributed by atoms with E-state index in [9.17, 15) is 29.4 Å². The van der Waals surface area contributed by atoms with Gasteiger partial charge in [-0.3, -0.25) is 14.2 Å². The van der Waals surface area contributed by atoms with Crippen molar-refractivity contribution in [2.45, 2.75) is 19.0 Å². The van der Waals surface area contributed by atoms with E-state index < -0.39 is 35.7 Å². The number of hydrogen-bond acceptors (Lipinski definition) is 6. The van der Waals surface area contributed by atoms with Crippen molar-refractivity contribution in [3.8, 4) is 22.6 Å². The van der Waals surface area contributed by atoms with Crippen LogP contribution >= 0.6 is 0 Å². The van der Waals surface area contributed by atoms with Crippen LogP contribution in [0.25, 0.3) is 22.0 Å². The quantitative estimate of drug-likeness (QED) is 0.289. The number of rotatable bonds is 9. The normalized spacial score (nSPS) is 11.8. The summed E-state index contributed by atoms with van der Waals surface area (Å²) in [6.07, 6.45) is 0.457. The van der Waals surface area contributed by atoms with Crippen LogP contribution in [0.4, 0.5) is 0 Å². The molecule has 5 rings (SSSR count). The van der Waals surface area contributed by atoms with Crippen molar-refractivity contribution in [3.05, 3.63) is 118 Å². The van der Waals surface area contributed by atoms with Gasteiger partial charge < -0.3 is 19.4 Å². The van der Waals surface area contributed by atoms with Gasteiger partial charge in [0.2, 0.25) is 0 Å². The summed E-state index contributed by atoms with van der Waals surface area (Å²) in [6, 6.07) is 23.0. The monoisotopic (exact) mass is 526 g/mol. The number of ether oxygens (including phenoxy) is 1. The Morgan fingerprint density at radius 1 is 0.846 bits per heavy atom. The third-order valence-electron chi connectivity index (χ3n) is 6.20. The van der Waals surface area contributed by atoms with E-state index in [1.807, 2.05) is 42.5 Å². The van der Waals surface area contributed by atoms with E-state index in [-0.39, 0.29) is 23.2 Å². The van der Waals surface area contributed by atoms with E-state index in [0.29, 0.717) is 16.1 Å². The van der Waals surface area contributed by atoms with Gasteiger partial charge in [0.05, 0.1) is 30.1 Å². The van der Waals surface area contributed by atoms with Crippen LogP contribution in [0, 0.1) is 0 Å². The smallest absolute Gasteiger partial charge is 0.332 e. The predicted molar refractivity (Wildman–Crippen MR) is 141 cm³/mol. The summed E-state index contributed by atoms with van der Waals surface area (Å²) in [5, 5.41) is 18.9. The minimum Gasteiger partial charge on any atom is -0.481 e. The Morgan fingerprint density at radius 3 is 2.18 bits per heavy atom. The number of aliphatic carboxylic acids is 2. The lowest BCUT2D eigenvalue weighted by Crippen LogP contribution is -2.45. The minimum atomic E-state index is -1.91. The van der Waals surface area contributed by atoms with Crippen molar-refractivity contribution in [2.24, 2.45) is 0 Å². The van der Waals surface area contributed by atoms with Crippen molar-refractivity contribution in [3.63, 3.8) is 0 Å². The van der Waals surface area contributed by atoms with Crippen LogP contribution < -0.4 is 16.0 Å². The highest BCUT2D eigenvalue weighted by Gasteiger charge is 2.29. The van der Waals surface area contributed by atoms with Gasteiger partial charge >= 0.3 is 17.6 Å². The molecule has 2 N–H and O–H groups in total. The molecule has 0 aliphatic rings. The number of hydrogen-bond donors (Lipinski definition) is 2. The summed E-state index contributed by atoms with van der Waals surface area (Å²) in [6.45, 7) is -0.108. The van der Waals surface area contributed by atoms with E-state index >= 15 is 0 Å². The first-order chi connectivity index (χ1) is 18.8. The molecule has 0 bridgehead atoms. The van der Waals surface area contributed by atoms with Gasteiger partial charge in [-0.2, -0.15) is 0 Å². The largest absolute Gasteiger partial charge is 0.481 e. The Morgan fingerprint density at radius 2 is 1.54 bits per heavy atom. The highest BCUT2D eigenvalue weighted by molar-refractivity contribution is 5.82. The molecule has 196 valence electrons. The number of carboxylic acid groups (broad SMARTS) is 2. The topological polar surface area (TPSA) is 141 Å². The Hall–Kier alpha value is -5.38. The first-order valence-corrected chi connectivity index (χ1v) is 11.9. The molecule has 1 atom stereocenters. The third kappa shape index (κ3) is 5.21. The number of aromatic nitrogens is 2. The van der Waals surface area contributed by atoms with E-state index in [0.717, 1.165) is 11.1 Å². The number of carbonyl (C=O) groups is 2. The van der Waals surface area contributed by atoms with Crippen molar-refractivity contribution >= 4 is 22.8 Å². The molecule has 5 aromatic rings. The number of furan rings is 1. The fraction of sp³-hybridized carbons (Fsp3) is 0.103. The van der Waals surface area contributed by atoms with Crippen LogP contribution in [0.15, 0.2) is 105 Å². The van der Waals surface area contributed by atoms with E-state index in [4.69, 9.17) is 9.15 Å². The zero-order valence-electron chi connectivity index (χ0n) is 20.4. The second kappa shape index (κ2) is 10.5. The van der Waals surface area contributed by atoms with E-state index in [2.05, 4.69) is 0 Å². The average molecular weight is 527 g/mol. The molecule has 2 aromatic heterocycles. The van der Waals surface area contributed by atoms with Gasteiger partial charge in [-0.15, -0.1) is 0 Å². The van der Waals surface area contributed by atoms with Crippen molar-refractivity contribution in [1.82, 2.24) is 9.13 Å². The summed E-state index contributed by atoms with van der Waals surface area (Å²) in [5.74, 6) is -1.94. The van der Waals surface area contributed by atoms with Crippen LogP contribution in [0.2, 0.25) is 0 Å². The number of benzene rings is 3. The van der Waals surface area contributed by atoms with Crippen molar-refractivity contribution in [2.75, 3.05) is 0 Å². The molecule has 0 aliphatic heterocycles. The molecule has 2 heterocycles. The van der Waals surface area contributed by atoms with Crippen LogP contribution in [-0.4, -0.2) is 31.3 Å². The molecular weight excluding hydrogens is 504 g/mol. The third-order valence-corrected chi connectivity index (χ3v) is 6.20. The number of fused-ring (bicyclic) bond motifs is 1. The Labute approximate surface area is 220 Å². The predicted octanol–water partition coefficient (Wildman–Crippen LogP) is 4.36. The van der Waals surface area contributed by atoms with Gasteiger partial charge in [-0.05, 0) is 53.6 Å². The molecule has 0 radical (unpaired) electrons. The lowest BCUT2D eigenvalue weighted by molar-refractivity contribution is -0.147. The maximum Gasteiger partial charge on any atom is 0.332 e. The molecule has 10 nitrogen and oxygen atoms in total. The first kappa shape index (κ1) is 25.3. The molecule has 10 heteroatoms. The minimum absolute atomic E-state index is 0.0174. The van der Waals surface area contributed by atoms with Gasteiger partial charge in [0.15, 0.2) is 0 Å². The van der Waals surface area contributed by atoms with E-state index in [1.54, 1.807) is 30.3 Å². The maximum atomic E-state index is 13.5. The second-order valence-electron chi connectivity index (χ2n) is 8.75. The average Bonchev–Trinajstić information content (AvgIpc) is 3.45. The van der Waals surface area contributed by atoms with Crippen LogP contribution in [-0.2, 0) is 16.1 Å². The number of nitrogens with zero attached hydrogens (tertiary/aromatic N) is 2. The van der Waals surface area contributed by atoms with Crippen LogP contribution in [0.5, 0.6) is 11.5 Å². The molecule has 0 aliphatic carbocycles. The molecule has 0 fully saturated rings. The molecule has 0 spiro atoms. The molecule has 0 unspecified atom stereocenters. The molecular formula is C29H22N2O8. The molecule has 0 saturated carbocycles. The van der Waals surface area contributed by atoms with Crippen molar-refractivity contribution < 1.29 is 29.0 Å². The zero-order valence-corrected chi connectivity index (χ0v) is 20.4. The van der Waals surface area contributed by atoms with Gasteiger partial charge in [-0.1, -0.05) is 42.5 Å². The fourth-order valence-electron chi connectivity index (χ4n) is 4.36. The molecule has 0 amide bonds. The van der Waals surface area contributed by atoms with E-state index in [1.165, 1.54) is 23.0 Å². The highest BCUT2D eigenvalue weighted by atomic mass is 16.5. The maximum absolute atomic E-state index is 13.5. The van der Waals surface area contributed by atoms with Gasteiger partial charge in [0.1, 0.15) is 23.3 Å². The van der Waals surface area contributed by atoms with Gasteiger partial charge in [0, 0.05) is 0 Å². The molecule has 39 heavy (non-hydrogen) atoms. The lowest BCUT2D eigenvalue weighted by atomic mass is 10.1. The lowest BCUT2D eigenvalue weighted by Gasteiger charge is -2.18. The Bertz CT molecular complexity index is 1770. The standard InChI is InChI=1S/C29H22N2O8/c32-26(33)16-25(28(35)36)31-27(34)23-15-21(12-13-24(23)30(29(31)37)17-22-7-4-14-38-22)39-20-10-8-19(9-11-20)18-5-2-1-3-6-18/h1-15,25H,16-17H2,(H,32,33)(H,35,36)/t25-/m0/s1. The molecule has 0 saturated heterocycles. The highest BCUT2D eigenvalue weighted by Crippen LogP contribution is 2.27. The summed E-state index contributed by atoms with van der Waals surface area (Å²) in [5.41, 5.74) is 0.333. The van der Waals surface area contributed by atoms with Crippen LogP contribution in [0.1, 0.15) is 18.2 Å². The second-order valence-corrected chi connectivity index (χ2v) is 8.75.